The van der Waals surface area contributed by atoms with Crippen LogP contribution in [0.2, 0.25) is 0 Å². The van der Waals surface area contributed by atoms with E-state index in [1.54, 1.807) is 18.9 Å². The molecular formula is C15H15IOS. The van der Waals surface area contributed by atoms with E-state index in [9.17, 15) is 0 Å². The predicted octanol–water partition coefficient (Wildman–Crippen LogP) is 5.01. The van der Waals surface area contributed by atoms with Crippen LogP contribution in [0.3, 0.4) is 0 Å². The molecule has 0 saturated heterocycles. The van der Waals surface area contributed by atoms with Crippen molar-refractivity contribution in [2.45, 2.75) is 23.1 Å². The smallest absolute Gasteiger partial charge is 0.118 e. The first-order valence-corrected chi connectivity index (χ1v) is 7.72. The van der Waals surface area contributed by atoms with E-state index in [0.717, 1.165) is 12.2 Å². The molecule has 0 aliphatic heterocycles. The van der Waals surface area contributed by atoms with E-state index < -0.39 is 0 Å². The fourth-order valence-electron chi connectivity index (χ4n) is 1.66. The van der Waals surface area contributed by atoms with Gasteiger partial charge in [0.1, 0.15) is 5.75 Å². The lowest BCUT2D eigenvalue weighted by Gasteiger charge is -2.06. The number of aryl methyl sites for hydroxylation is 1. The summed E-state index contributed by atoms with van der Waals surface area (Å²) in [6, 6.07) is 14.8. The Balaban J connectivity index is 2.15. The normalized spacial score (nSPS) is 10.4. The fourth-order valence-corrected chi connectivity index (χ4v) is 3.62. The van der Waals surface area contributed by atoms with Crippen LogP contribution in [0, 0.1) is 3.57 Å². The molecule has 3 heteroatoms. The van der Waals surface area contributed by atoms with Crippen molar-refractivity contribution in [1.82, 2.24) is 0 Å². The molecule has 0 aliphatic rings. The van der Waals surface area contributed by atoms with Gasteiger partial charge >= 0.3 is 0 Å². The average molecular weight is 370 g/mol. The Morgan fingerprint density at radius 1 is 1.06 bits per heavy atom. The van der Waals surface area contributed by atoms with Crippen LogP contribution in [0.15, 0.2) is 52.3 Å². The van der Waals surface area contributed by atoms with Crippen molar-refractivity contribution in [3.8, 4) is 5.75 Å². The van der Waals surface area contributed by atoms with Crippen molar-refractivity contribution in [3.05, 3.63) is 51.6 Å². The molecule has 0 saturated carbocycles. The highest BCUT2D eigenvalue weighted by atomic mass is 127. The van der Waals surface area contributed by atoms with Crippen LogP contribution in [0.25, 0.3) is 0 Å². The topological polar surface area (TPSA) is 9.23 Å². The Kier molecular flexibility index (Phi) is 4.95. The molecule has 0 N–H and O–H groups in total. The van der Waals surface area contributed by atoms with Crippen LogP contribution < -0.4 is 4.74 Å². The Bertz CT molecular complexity index is 523. The van der Waals surface area contributed by atoms with Crippen molar-refractivity contribution in [2.24, 2.45) is 0 Å². The summed E-state index contributed by atoms with van der Waals surface area (Å²) in [6.07, 6.45) is 1.09. The number of benzene rings is 2. The highest BCUT2D eigenvalue weighted by molar-refractivity contribution is 14.1. The number of hydrogen-bond acceptors (Lipinski definition) is 2. The second kappa shape index (κ2) is 6.48. The standard InChI is InChI=1S/C15H15IOS/c1-3-11-4-7-14(10-15(11)16)18-13-8-5-12(17-2)6-9-13/h4-10H,3H2,1-2H3. The van der Waals surface area contributed by atoms with Crippen LogP contribution in [-0.2, 0) is 6.42 Å². The third-order valence-corrected chi connectivity index (χ3v) is 4.70. The Hall–Kier alpha value is -0.680. The first kappa shape index (κ1) is 13.7. The second-order valence-electron chi connectivity index (χ2n) is 3.88. The van der Waals surface area contributed by atoms with Gasteiger partial charge in [0.25, 0.3) is 0 Å². The first-order valence-electron chi connectivity index (χ1n) is 5.83. The molecule has 0 atom stereocenters. The molecule has 2 aromatic rings. The lowest BCUT2D eigenvalue weighted by atomic mass is 10.2. The summed E-state index contributed by atoms with van der Waals surface area (Å²) in [5, 5.41) is 0. The highest BCUT2D eigenvalue weighted by Crippen LogP contribution is 2.30. The van der Waals surface area contributed by atoms with Gasteiger partial charge in [-0.2, -0.15) is 0 Å². The van der Waals surface area contributed by atoms with E-state index in [4.69, 9.17) is 4.74 Å². The number of rotatable bonds is 4. The highest BCUT2D eigenvalue weighted by Gasteiger charge is 2.02. The van der Waals surface area contributed by atoms with Crippen LogP contribution >= 0.6 is 34.4 Å². The Morgan fingerprint density at radius 2 is 1.72 bits per heavy atom. The minimum absolute atomic E-state index is 0.898. The van der Waals surface area contributed by atoms with E-state index in [1.165, 1.54) is 18.9 Å². The molecular weight excluding hydrogens is 355 g/mol. The molecule has 0 unspecified atom stereocenters. The van der Waals surface area contributed by atoms with Crippen LogP contribution in [0.5, 0.6) is 5.75 Å². The summed E-state index contributed by atoms with van der Waals surface area (Å²) in [6.45, 7) is 2.19. The summed E-state index contributed by atoms with van der Waals surface area (Å²) in [7, 11) is 1.69. The maximum absolute atomic E-state index is 5.16. The zero-order valence-electron chi connectivity index (χ0n) is 10.4. The molecule has 2 aromatic carbocycles. The summed E-state index contributed by atoms with van der Waals surface area (Å²) in [5.74, 6) is 0.898. The monoisotopic (exact) mass is 370 g/mol. The van der Waals surface area contributed by atoms with Gasteiger partial charge in [0.15, 0.2) is 0 Å². The van der Waals surface area contributed by atoms with Gasteiger partial charge in [0.05, 0.1) is 7.11 Å². The molecule has 0 radical (unpaired) electrons. The van der Waals surface area contributed by atoms with Crippen LogP contribution in [0.1, 0.15) is 12.5 Å². The Labute approximate surface area is 126 Å². The molecule has 0 aliphatic carbocycles. The molecule has 0 heterocycles. The largest absolute Gasteiger partial charge is 0.497 e. The van der Waals surface area contributed by atoms with Gasteiger partial charge in [-0.3, -0.25) is 0 Å². The van der Waals surface area contributed by atoms with Gasteiger partial charge in [0, 0.05) is 13.4 Å². The van der Waals surface area contributed by atoms with Crippen molar-refractivity contribution in [2.75, 3.05) is 7.11 Å². The Morgan fingerprint density at radius 3 is 2.28 bits per heavy atom. The molecule has 1 nitrogen and oxygen atoms in total. The van der Waals surface area contributed by atoms with Gasteiger partial charge in [-0.15, -0.1) is 0 Å². The molecule has 0 aromatic heterocycles. The van der Waals surface area contributed by atoms with E-state index in [2.05, 4.69) is 59.8 Å². The minimum Gasteiger partial charge on any atom is -0.497 e. The van der Waals surface area contributed by atoms with E-state index in [1.807, 2.05) is 12.1 Å². The minimum atomic E-state index is 0.898. The van der Waals surface area contributed by atoms with Crippen LogP contribution in [-0.4, -0.2) is 7.11 Å². The molecule has 94 valence electrons. The molecule has 0 amide bonds. The van der Waals surface area contributed by atoms with Gasteiger partial charge in [-0.1, -0.05) is 24.8 Å². The second-order valence-corrected chi connectivity index (χ2v) is 6.19. The lowest BCUT2D eigenvalue weighted by Crippen LogP contribution is -1.86. The third kappa shape index (κ3) is 3.42. The van der Waals surface area contributed by atoms with Gasteiger partial charge < -0.3 is 4.74 Å². The zero-order chi connectivity index (χ0) is 13.0. The predicted molar refractivity (Wildman–Crippen MR) is 85.7 cm³/mol. The molecule has 0 fully saturated rings. The maximum Gasteiger partial charge on any atom is 0.118 e. The van der Waals surface area contributed by atoms with Gasteiger partial charge in [0.2, 0.25) is 0 Å². The summed E-state index contributed by atoms with van der Waals surface area (Å²) in [5.41, 5.74) is 1.41. The van der Waals surface area contributed by atoms with E-state index >= 15 is 0 Å². The quantitative estimate of drug-likeness (QED) is 0.700. The summed E-state index contributed by atoms with van der Waals surface area (Å²) >= 11 is 4.19. The van der Waals surface area contributed by atoms with Crippen molar-refractivity contribution >= 4 is 34.4 Å². The fraction of sp³-hybridized carbons (Fsp3) is 0.200. The van der Waals surface area contributed by atoms with Crippen molar-refractivity contribution < 1.29 is 4.74 Å². The SMILES string of the molecule is CCc1ccc(Sc2ccc(OC)cc2)cc1I. The number of ether oxygens (including phenoxy) is 1. The van der Waals surface area contributed by atoms with Crippen molar-refractivity contribution in [1.29, 1.82) is 0 Å². The number of halogens is 1. The summed E-state index contributed by atoms with van der Waals surface area (Å²) in [4.78, 5) is 2.51. The molecule has 0 spiro atoms. The van der Waals surface area contributed by atoms with Crippen LogP contribution in [0.4, 0.5) is 0 Å². The van der Waals surface area contributed by atoms with Gasteiger partial charge in [-0.05, 0) is 71.0 Å². The van der Waals surface area contributed by atoms with Gasteiger partial charge in [-0.25, -0.2) is 0 Å². The molecule has 2 rings (SSSR count). The zero-order valence-corrected chi connectivity index (χ0v) is 13.4. The third-order valence-electron chi connectivity index (χ3n) is 2.70. The van der Waals surface area contributed by atoms with Crippen molar-refractivity contribution in [3.63, 3.8) is 0 Å². The van der Waals surface area contributed by atoms with E-state index in [-0.39, 0.29) is 0 Å². The number of hydrogen-bond donors (Lipinski definition) is 0. The summed E-state index contributed by atoms with van der Waals surface area (Å²) < 4.78 is 6.50. The lowest BCUT2D eigenvalue weighted by molar-refractivity contribution is 0.414. The molecule has 18 heavy (non-hydrogen) atoms. The number of methoxy groups -OCH3 is 1. The first-order chi connectivity index (χ1) is 8.72. The molecule has 0 bridgehead atoms. The maximum atomic E-state index is 5.16. The average Bonchev–Trinajstić information content (AvgIpc) is 2.40. The van der Waals surface area contributed by atoms with E-state index in [0.29, 0.717) is 0 Å².